The molecule has 0 aromatic heterocycles. The monoisotopic (exact) mass is 358 g/mol. The summed E-state index contributed by atoms with van der Waals surface area (Å²) < 4.78 is 10.5. The molecule has 5 nitrogen and oxygen atoms in total. The van der Waals surface area contributed by atoms with Crippen molar-refractivity contribution in [2.75, 3.05) is 31.0 Å². The number of carbonyl (C=O) groups excluding carboxylic acids is 1. The van der Waals surface area contributed by atoms with E-state index in [1.165, 1.54) is 0 Å². The molecule has 2 amide bonds. The first-order chi connectivity index (χ1) is 12.1. The number of benzene rings is 2. The molecule has 1 aliphatic rings. The van der Waals surface area contributed by atoms with E-state index >= 15 is 0 Å². The quantitative estimate of drug-likeness (QED) is 0.866. The van der Waals surface area contributed by atoms with Gasteiger partial charge in [-0.05, 0) is 18.6 Å². The number of carbonyl (C=O) groups is 1. The van der Waals surface area contributed by atoms with E-state index in [-0.39, 0.29) is 6.03 Å². The molecule has 1 atom stereocenters. The Labute approximate surface area is 152 Å². The zero-order chi connectivity index (χ0) is 17.8. The molecule has 0 bridgehead atoms. The number of thioether (sulfide) groups is 1. The van der Waals surface area contributed by atoms with E-state index < -0.39 is 0 Å². The predicted octanol–water partition coefficient (Wildman–Crippen LogP) is 4.63. The number of ether oxygens (including phenoxy) is 2. The number of hydrogen-bond donors (Lipinski definition) is 1. The van der Waals surface area contributed by atoms with Crippen molar-refractivity contribution in [3.05, 3.63) is 42.5 Å². The number of para-hydroxylation sites is 1. The molecule has 1 aliphatic heterocycles. The van der Waals surface area contributed by atoms with Gasteiger partial charge < -0.3 is 14.8 Å². The topological polar surface area (TPSA) is 50.8 Å². The van der Waals surface area contributed by atoms with Crippen LogP contribution in [0, 0.1) is 0 Å². The summed E-state index contributed by atoms with van der Waals surface area (Å²) in [6.07, 6.45) is 1.01. The molecular formula is C19H22N2O3S. The molecule has 132 valence electrons. The standard InChI is InChI=1S/C19H22N2O3S/c1-4-16-12-21(17-7-5-6-8-18(17)25-16)19(22)20-13-9-14(23-2)11-15(10-13)24-3/h5-11,16H,4,12H2,1-3H3,(H,20,22)/t16-/m0/s1. The van der Waals surface area contributed by atoms with Gasteiger partial charge in [0.05, 0.1) is 19.9 Å². The number of amides is 2. The van der Waals surface area contributed by atoms with Gasteiger partial charge in [0, 0.05) is 40.6 Å². The summed E-state index contributed by atoms with van der Waals surface area (Å²) in [7, 11) is 3.18. The summed E-state index contributed by atoms with van der Waals surface area (Å²) in [4.78, 5) is 15.9. The minimum absolute atomic E-state index is 0.151. The van der Waals surface area contributed by atoms with E-state index in [4.69, 9.17) is 9.47 Å². The van der Waals surface area contributed by atoms with Gasteiger partial charge in [-0.25, -0.2) is 4.79 Å². The average Bonchev–Trinajstić information content (AvgIpc) is 2.66. The van der Waals surface area contributed by atoms with Crippen molar-refractivity contribution in [3.8, 4) is 11.5 Å². The van der Waals surface area contributed by atoms with Crippen molar-refractivity contribution in [1.82, 2.24) is 0 Å². The maximum atomic E-state index is 12.9. The van der Waals surface area contributed by atoms with Crippen molar-refractivity contribution < 1.29 is 14.3 Å². The highest BCUT2D eigenvalue weighted by atomic mass is 32.2. The van der Waals surface area contributed by atoms with Crippen molar-refractivity contribution >= 4 is 29.2 Å². The molecular weight excluding hydrogens is 336 g/mol. The van der Waals surface area contributed by atoms with Gasteiger partial charge in [-0.15, -0.1) is 11.8 Å². The first-order valence-electron chi connectivity index (χ1n) is 8.22. The lowest BCUT2D eigenvalue weighted by molar-refractivity contribution is 0.256. The molecule has 0 radical (unpaired) electrons. The highest BCUT2D eigenvalue weighted by Gasteiger charge is 2.28. The van der Waals surface area contributed by atoms with Crippen LogP contribution >= 0.6 is 11.8 Å². The fraction of sp³-hybridized carbons (Fsp3) is 0.316. The maximum Gasteiger partial charge on any atom is 0.326 e. The summed E-state index contributed by atoms with van der Waals surface area (Å²) in [5.41, 5.74) is 1.59. The van der Waals surface area contributed by atoms with Crippen LogP contribution in [0.2, 0.25) is 0 Å². The van der Waals surface area contributed by atoms with Crippen LogP contribution in [0.5, 0.6) is 11.5 Å². The smallest absolute Gasteiger partial charge is 0.326 e. The molecule has 2 aromatic rings. The van der Waals surface area contributed by atoms with E-state index in [0.29, 0.717) is 29.0 Å². The maximum absolute atomic E-state index is 12.9. The summed E-state index contributed by atoms with van der Waals surface area (Å²) in [5, 5.41) is 3.35. The molecule has 0 saturated heterocycles. The van der Waals surface area contributed by atoms with E-state index in [1.54, 1.807) is 32.4 Å². The second-order valence-corrected chi connectivity index (χ2v) is 7.10. The molecule has 2 aromatic carbocycles. The number of urea groups is 1. The van der Waals surface area contributed by atoms with E-state index in [9.17, 15) is 4.79 Å². The Bertz CT molecular complexity index is 744. The number of nitrogens with zero attached hydrogens (tertiary/aromatic N) is 1. The van der Waals surface area contributed by atoms with Gasteiger partial charge in [0.2, 0.25) is 0 Å². The van der Waals surface area contributed by atoms with Crippen molar-refractivity contribution in [2.45, 2.75) is 23.5 Å². The van der Waals surface area contributed by atoms with Crippen molar-refractivity contribution in [2.24, 2.45) is 0 Å². The zero-order valence-electron chi connectivity index (χ0n) is 14.6. The van der Waals surface area contributed by atoms with Crippen LogP contribution in [0.1, 0.15) is 13.3 Å². The molecule has 0 fully saturated rings. The van der Waals surface area contributed by atoms with E-state index in [1.807, 2.05) is 34.9 Å². The molecule has 0 aliphatic carbocycles. The molecule has 0 saturated carbocycles. The van der Waals surface area contributed by atoms with Crippen LogP contribution < -0.4 is 19.7 Å². The predicted molar refractivity (Wildman–Crippen MR) is 102 cm³/mol. The van der Waals surface area contributed by atoms with Gasteiger partial charge in [-0.2, -0.15) is 0 Å². The normalized spacial score (nSPS) is 16.1. The Kier molecular flexibility index (Phi) is 5.38. The number of methoxy groups -OCH3 is 2. The fourth-order valence-corrected chi connectivity index (χ4v) is 3.98. The highest BCUT2D eigenvalue weighted by Crippen LogP contribution is 2.39. The molecule has 3 rings (SSSR count). The molecule has 1 heterocycles. The molecule has 6 heteroatoms. The number of nitrogens with one attached hydrogen (secondary N) is 1. The Morgan fingerprint density at radius 2 is 1.88 bits per heavy atom. The minimum atomic E-state index is -0.151. The largest absolute Gasteiger partial charge is 0.497 e. The van der Waals surface area contributed by atoms with Gasteiger partial charge in [0.25, 0.3) is 0 Å². The first kappa shape index (κ1) is 17.5. The van der Waals surface area contributed by atoms with Gasteiger partial charge in [-0.1, -0.05) is 19.1 Å². The summed E-state index contributed by atoms with van der Waals surface area (Å²) >= 11 is 1.83. The second-order valence-electron chi connectivity index (χ2n) is 5.76. The second kappa shape index (κ2) is 7.70. The zero-order valence-corrected chi connectivity index (χ0v) is 15.4. The minimum Gasteiger partial charge on any atom is -0.497 e. The van der Waals surface area contributed by atoms with Gasteiger partial charge in [0.15, 0.2) is 0 Å². The summed E-state index contributed by atoms with van der Waals surface area (Å²) in [5.74, 6) is 1.27. The number of fused-ring (bicyclic) bond motifs is 1. The van der Waals surface area contributed by atoms with Gasteiger partial charge >= 0.3 is 6.03 Å². The molecule has 0 unspecified atom stereocenters. The summed E-state index contributed by atoms with van der Waals surface area (Å²) in [6, 6.07) is 13.2. The third-order valence-electron chi connectivity index (χ3n) is 4.14. The Morgan fingerprint density at radius 3 is 2.52 bits per heavy atom. The van der Waals surface area contributed by atoms with Crippen LogP contribution in [0.15, 0.2) is 47.4 Å². The summed E-state index contributed by atoms with van der Waals surface area (Å²) in [6.45, 7) is 2.83. The number of rotatable bonds is 4. The fourth-order valence-electron chi connectivity index (χ4n) is 2.77. The Balaban J connectivity index is 1.86. The Morgan fingerprint density at radius 1 is 1.20 bits per heavy atom. The third kappa shape index (κ3) is 3.85. The van der Waals surface area contributed by atoms with Crippen molar-refractivity contribution in [1.29, 1.82) is 0 Å². The lowest BCUT2D eigenvalue weighted by Gasteiger charge is -2.33. The number of anilines is 2. The van der Waals surface area contributed by atoms with Gasteiger partial charge in [0.1, 0.15) is 11.5 Å². The van der Waals surface area contributed by atoms with Gasteiger partial charge in [-0.3, -0.25) is 4.90 Å². The van der Waals surface area contributed by atoms with Crippen LogP contribution in [0.4, 0.5) is 16.2 Å². The first-order valence-corrected chi connectivity index (χ1v) is 9.09. The lowest BCUT2D eigenvalue weighted by Crippen LogP contribution is -2.41. The SMILES string of the molecule is CC[C@H]1CN(C(=O)Nc2cc(OC)cc(OC)c2)c2ccccc2S1. The number of hydrogen-bond acceptors (Lipinski definition) is 4. The van der Waals surface area contributed by atoms with Crippen LogP contribution in [-0.4, -0.2) is 32.0 Å². The van der Waals surface area contributed by atoms with E-state index in [2.05, 4.69) is 18.3 Å². The molecule has 25 heavy (non-hydrogen) atoms. The van der Waals surface area contributed by atoms with E-state index in [0.717, 1.165) is 17.0 Å². The Hall–Kier alpha value is -2.34. The average molecular weight is 358 g/mol. The molecule has 1 N–H and O–H groups in total. The highest BCUT2D eigenvalue weighted by molar-refractivity contribution is 8.00. The van der Waals surface area contributed by atoms with Crippen LogP contribution in [0.3, 0.4) is 0 Å². The molecule has 0 spiro atoms. The lowest BCUT2D eigenvalue weighted by atomic mass is 10.2. The third-order valence-corrected chi connectivity index (χ3v) is 5.55. The van der Waals surface area contributed by atoms with Crippen molar-refractivity contribution in [3.63, 3.8) is 0 Å². The van der Waals surface area contributed by atoms with Crippen LogP contribution in [0.25, 0.3) is 0 Å². The van der Waals surface area contributed by atoms with Crippen LogP contribution in [-0.2, 0) is 0 Å².